The molecule has 0 aliphatic carbocycles. The Hall–Kier alpha value is -1.99. The lowest BCUT2D eigenvalue weighted by Gasteiger charge is -2.14. The summed E-state index contributed by atoms with van der Waals surface area (Å²) >= 11 is 0. The number of hydrogen-bond donors (Lipinski definition) is 2. The van der Waals surface area contributed by atoms with Gasteiger partial charge >= 0.3 is 5.69 Å². The molecule has 2 heterocycles. The van der Waals surface area contributed by atoms with Gasteiger partial charge in [-0.15, -0.1) is 0 Å². The minimum atomic E-state index is -0.572. The van der Waals surface area contributed by atoms with E-state index in [0.717, 1.165) is 0 Å². The van der Waals surface area contributed by atoms with Gasteiger partial charge in [-0.1, -0.05) is 0 Å². The summed E-state index contributed by atoms with van der Waals surface area (Å²) in [5.41, 5.74) is -0.935. The molecule has 2 N–H and O–H groups in total. The van der Waals surface area contributed by atoms with Crippen molar-refractivity contribution in [3.63, 3.8) is 0 Å². The molecule has 0 spiro atoms. The lowest BCUT2D eigenvalue weighted by atomic mass is 10.2. The highest BCUT2D eigenvalue weighted by Gasteiger charge is 2.26. The smallest absolute Gasteiger partial charge is 0.330 e. The van der Waals surface area contributed by atoms with Crippen LogP contribution in [0.4, 0.5) is 0 Å². The largest absolute Gasteiger partial charge is 0.394 e. The molecule has 0 aromatic carbocycles. The van der Waals surface area contributed by atoms with Crippen molar-refractivity contribution in [3.8, 4) is 0 Å². The number of rotatable bonds is 4. The van der Waals surface area contributed by atoms with Crippen LogP contribution in [0.15, 0.2) is 21.9 Å². The number of ether oxygens (including phenoxy) is 1. The maximum absolute atomic E-state index is 11.7. The van der Waals surface area contributed by atoms with Gasteiger partial charge in [0.15, 0.2) is 0 Å². The Kier molecular flexibility index (Phi) is 4.08. The second-order valence-corrected chi connectivity index (χ2v) is 4.22. The van der Waals surface area contributed by atoms with Crippen LogP contribution < -0.4 is 11.2 Å². The predicted octanol–water partition coefficient (Wildman–Crippen LogP) is -0.581. The van der Waals surface area contributed by atoms with Crippen molar-refractivity contribution in [3.05, 3.63) is 38.7 Å². The number of aliphatic hydroxyl groups excluding tert-OH is 1. The van der Waals surface area contributed by atoms with E-state index in [9.17, 15) is 14.4 Å². The summed E-state index contributed by atoms with van der Waals surface area (Å²) in [5.74, 6) is 0. The molecule has 1 aromatic rings. The van der Waals surface area contributed by atoms with E-state index in [4.69, 9.17) is 9.84 Å². The van der Waals surface area contributed by atoms with E-state index in [1.54, 1.807) is 0 Å². The van der Waals surface area contributed by atoms with E-state index in [1.165, 1.54) is 22.9 Å². The summed E-state index contributed by atoms with van der Waals surface area (Å²) in [4.78, 5) is 35.7. The highest BCUT2D eigenvalue weighted by molar-refractivity contribution is 5.73. The van der Waals surface area contributed by atoms with Gasteiger partial charge in [0, 0.05) is 6.20 Å². The van der Waals surface area contributed by atoms with Gasteiger partial charge < -0.3 is 9.84 Å². The first-order chi connectivity index (χ1) is 9.15. The molecule has 0 bridgehead atoms. The number of nitrogens with zero attached hydrogens (tertiary/aromatic N) is 1. The average molecular weight is 266 g/mol. The molecule has 19 heavy (non-hydrogen) atoms. The van der Waals surface area contributed by atoms with E-state index in [2.05, 4.69) is 4.98 Å². The third kappa shape index (κ3) is 2.88. The first-order valence-corrected chi connectivity index (χ1v) is 5.89. The van der Waals surface area contributed by atoms with Gasteiger partial charge in [0.1, 0.15) is 12.5 Å². The monoisotopic (exact) mass is 266 g/mol. The number of H-pyrrole nitrogens is 1. The van der Waals surface area contributed by atoms with E-state index < -0.39 is 17.5 Å². The Labute approximate surface area is 108 Å². The molecule has 0 radical (unpaired) electrons. The third-order valence-electron chi connectivity index (χ3n) is 2.95. The molecule has 1 saturated heterocycles. The average Bonchev–Trinajstić information content (AvgIpc) is 2.86. The first-order valence-electron chi connectivity index (χ1n) is 5.89. The van der Waals surface area contributed by atoms with Crippen LogP contribution in [-0.2, 0) is 9.53 Å². The van der Waals surface area contributed by atoms with Gasteiger partial charge in [-0.3, -0.25) is 19.1 Å². The van der Waals surface area contributed by atoms with Gasteiger partial charge in [-0.2, -0.15) is 0 Å². The summed E-state index contributed by atoms with van der Waals surface area (Å²) in [6.45, 7) is -0.105. The van der Waals surface area contributed by atoms with Gasteiger partial charge in [-0.25, -0.2) is 4.79 Å². The molecule has 0 unspecified atom stereocenters. The topological polar surface area (TPSA) is 101 Å². The van der Waals surface area contributed by atoms with E-state index >= 15 is 0 Å². The fourth-order valence-corrected chi connectivity index (χ4v) is 2.00. The molecule has 1 fully saturated rings. The lowest BCUT2D eigenvalue weighted by molar-refractivity contribution is -0.104. The SMILES string of the molecule is O=C/C=C/c1cn([C@H]2CC[C@@H](CO)O2)c(=O)[nH]c1=O. The molecule has 7 heteroatoms. The summed E-state index contributed by atoms with van der Waals surface area (Å²) < 4.78 is 6.74. The van der Waals surface area contributed by atoms with Crippen molar-refractivity contribution in [1.29, 1.82) is 0 Å². The van der Waals surface area contributed by atoms with E-state index in [-0.39, 0.29) is 18.3 Å². The van der Waals surface area contributed by atoms with Gasteiger partial charge in [0.25, 0.3) is 5.56 Å². The Morgan fingerprint density at radius 3 is 2.89 bits per heavy atom. The zero-order valence-electron chi connectivity index (χ0n) is 10.1. The highest BCUT2D eigenvalue weighted by atomic mass is 16.5. The van der Waals surface area contributed by atoms with Gasteiger partial charge in [0.2, 0.25) is 0 Å². The van der Waals surface area contributed by atoms with Crippen LogP contribution in [0, 0.1) is 0 Å². The Morgan fingerprint density at radius 1 is 1.47 bits per heavy atom. The summed E-state index contributed by atoms with van der Waals surface area (Å²) in [5, 5.41) is 8.99. The standard InChI is InChI=1S/C12H14N2O5/c15-5-1-2-8-6-14(12(18)13-11(8)17)10-4-3-9(7-16)19-10/h1-2,5-6,9-10,16H,3-4,7H2,(H,13,17,18)/b2-1+/t9-,10+/m0/s1. The number of aromatic nitrogens is 2. The minimum Gasteiger partial charge on any atom is -0.394 e. The molecule has 0 saturated carbocycles. The number of allylic oxidation sites excluding steroid dienone is 1. The van der Waals surface area contributed by atoms with Crippen molar-refractivity contribution in [2.75, 3.05) is 6.61 Å². The number of aliphatic hydroxyl groups is 1. The number of nitrogens with one attached hydrogen (secondary N) is 1. The van der Waals surface area contributed by atoms with Crippen LogP contribution >= 0.6 is 0 Å². The van der Waals surface area contributed by atoms with Crippen LogP contribution in [0.2, 0.25) is 0 Å². The first kappa shape index (κ1) is 13.4. The van der Waals surface area contributed by atoms with Gasteiger partial charge in [-0.05, 0) is 25.0 Å². The van der Waals surface area contributed by atoms with E-state index in [1.807, 2.05) is 0 Å². The lowest BCUT2D eigenvalue weighted by Crippen LogP contribution is -2.33. The molecule has 1 aliphatic heterocycles. The quantitative estimate of drug-likeness (QED) is 0.560. The zero-order chi connectivity index (χ0) is 13.8. The number of aldehydes is 1. The predicted molar refractivity (Wildman–Crippen MR) is 66.7 cm³/mol. The van der Waals surface area contributed by atoms with Crippen molar-refractivity contribution >= 4 is 12.4 Å². The minimum absolute atomic E-state index is 0.105. The molecule has 2 rings (SSSR count). The Balaban J connectivity index is 2.35. The highest BCUT2D eigenvalue weighted by Crippen LogP contribution is 2.26. The molecular formula is C12H14N2O5. The van der Waals surface area contributed by atoms with Crippen LogP contribution in [-0.4, -0.2) is 33.7 Å². The van der Waals surface area contributed by atoms with Crippen LogP contribution in [0.1, 0.15) is 24.6 Å². The second-order valence-electron chi connectivity index (χ2n) is 4.22. The Bertz CT molecular complexity index is 601. The fraction of sp³-hybridized carbons (Fsp3) is 0.417. The van der Waals surface area contributed by atoms with E-state index in [0.29, 0.717) is 19.1 Å². The third-order valence-corrected chi connectivity index (χ3v) is 2.95. The van der Waals surface area contributed by atoms with Crippen LogP contribution in [0.25, 0.3) is 6.08 Å². The second kappa shape index (κ2) is 5.77. The number of carbonyl (C=O) groups is 1. The van der Waals surface area contributed by atoms with Crippen LogP contribution in [0.3, 0.4) is 0 Å². The summed E-state index contributed by atoms with van der Waals surface area (Å²) in [7, 11) is 0. The molecule has 7 nitrogen and oxygen atoms in total. The molecule has 1 aromatic heterocycles. The summed E-state index contributed by atoms with van der Waals surface area (Å²) in [6, 6.07) is 0. The maximum atomic E-state index is 11.7. The van der Waals surface area contributed by atoms with Crippen molar-refractivity contribution in [1.82, 2.24) is 9.55 Å². The zero-order valence-corrected chi connectivity index (χ0v) is 10.1. The van der Waals surface area contributed by atoms with Crippen molar-refractivity contribution < 1.29 is 14.6 Å². The molecule has 1 aliphatic rings. The molecular weight excluding hydrogens is 252 g/mol. The fourth-order valence-electron chi connectivity index (χ4n) is 2.00. The van der Waals surface area contributed by atoms with Crippen LogP contribution in [0.5, 0.6) is 0 Å². The normalized spacial score (nSPS) is 23.0. The number of aromatic amines is 1. The van der Waals surface area contributed by atoms with Gasteiger partial charge in [0.05, 0.1) is 18.3 Å². The van der Waals surface area contributed by atoms with Crippen molar-refractivity contribution in [2.24, 2.45) is 0 Å². The maximum Gasteiger partial charge on any atom is 0.330 e. The molecule has 0 amide bonds. The number of hydrogen-bond acceptors (Lipinski definition) is 5. The summed E-state index contributed by atoms with van der Waals surface area (Å²) in [6.07, 6.45) is 4.81. The number of carbonyl (C=O) groups excluding carboxylic acids is 1. The van der Waals surface area contributed by atoms with Crippen molar-refractivity contribution in [2.45, 2.75) is 25.2 Å². The Morgan fingerprint density at radius 2 is 2.26 bits per heavy atom. The molecule has 2 atom stereocenters. The molecule has 102 valence electrons.